The molecule has 0 saturated carbocycles. The fourth-order valence-electron chi connectivity index (χ4n) is 1.18. The van der Waals surface area contributed by atoms with E-state index >= 15 is 0 Å². The molecule has 0 fully saturated rings. The van der Waals surface area contributed by atoms with Gasteiger partial charge in [-0.3, -0.25) is 0 Å². The molecule has 0 aliphatic rings. The molecule has 0 aliphatic heterocycles. The topological polar surface area (TPSA) is 96.4 Å². The minimum absolute atomic E-state index is 0.0359. The predicted octanol–water partition coefficient (Wildman–Crippen LogP) is 1.80. The molecule has 1 aromatic rings. The SMILES string of the molecule is CC(CNS(=O)(=O)c1scnc1C(=O)O)C(C)(C)C. The summed E-state index contributed by atoms with van der Waals surface area (Å²) in [4.78, 5) is 14.4. The van der Waals surface area contributed by atoms with Crippen molar-refractivity contribution >= 4 is 27.3 Å². The van der Waals surface area contributed by atoms with Crippen molar-refractivity contribution in [1.29, 1.82) is 0 Å². The summed E-state index contributed by atoms with van der Waals surface area (Å²) >= 11 is 0.802. The molecule has 1 aromatic heterocycles. The van der Waals surface area contributed by atoms with Crippen molar-refractivity contribution in [2.24, 2.45) is 11.3 Å². The molecule has 0 amide bonds. The van der Waals surface area contributed by atoms with E-state index in [1.54, 1.807) is 0 Å². The summed E-state index contributed by atoms with van der Waals surface area (Å²) in [6, 6.07) is 0. The number of rotatable bonds is 5. The van der Waals surface area contributed by atoms with Gasteiger partial charge in [-0.1, -0.05) is 27.7 Å². The van der Waals surface area contributed by atoms with Crippen molar-refractivity contribution in [2.45, 2.75) is 31.9 Å². The van der Waals surface area contributed by atoms with Crippen LogP contribution in [0.25, 0.3) is 0 Å². The van der Waals surface area contributed by atoms with Gasteiger partial charge in [0, 0.05) is 6.54 Å². The number of carbonyl (C=O) groups is 1. The molecule has 2 N–H and O–H groups in total. The van der Waals surface area contributed by atoms with E-state index in [4.69, 9.17) is 5.11 Å². The van der Waals surface area contributed by atoms with Crippen molar-refractivity contribution in [3.8, 4) is 0 Å². The number of aromatic nitrogens is 1. The van der Waals surface area contributed by atoms with Crippen LogP contribution in [0.1, 0.15) is 38.2 Å². The second kappa shape index (κ2) is 5.56. The first kappa shape index (κ1) is 16.1. The molecule has 0 bridgehead atoms. The Kier molecular flexibility index (Phi) is 4.70. The van der Waals surface area contributed by atoms with Crippen LogP contribution in [0.3, 0.4) is 0 Å². The van der Waals surface area contributed by atoms with E-state index in [1.807, 2.05) is 27.7 Å². The molecule has 108 valence electrons. The van der Waals surface area contributed by atoms with Crippen LogP contribution in [0.15, 0.2) is 9.72 Å². The summed E-state index contributed by atoms with van der Waals surface area (Å²) < 4.78 is 26.3. The summed E-state index contributed by atoms with van der Waals surface area (Å²) in [6.45, 7) is 8.24. The quantitative estimate of drug-likeness (QED) is 0.864. The van der Waals surface area contributed by atoms with Crippen LogP contribution < -0.4 is 4.72 Å². The summed E-state index contributed by atoms with van der Waals surface area (Å²) in [7, 11) is -3.82. The fourth-order valence-corrected chi connectivity index (χ4v) is 3.49. The number of aromatic carboxylic acids is 1. The van der Waals surface area contributed by atoms with Crippen LogP contribution >= 0.6 is 11.3 Å². The Morgan fingerprint density at radius 2 is 2.11 bits per heavy atom. The van der Waals surface area contributed by atoms with E-state index in [2.05, 4.69) is 9.71 Å². The maximum atomic E-state index is 12.0. The van der Waals surface area contributed by atoms with Crippen molar-refractivity contribution in [2.75, 3.05) is 6.54 Å². The molecular formula is C11H18N2O4S2. The minimum Gasteiger partial charge on any atom is -0.476 e. The molecule has 0 spiro atoms. The highest BCUT2D eigenvalue weighted by Crippen LogP contribution is 2.25. The Balaban J connectivity index is 2.88. The van der Waals surface area contributed by atoms with Crippen molar-refractivity contribution in [3.63, 3.8) is 0 Å². The summed E-state index contributed by atoms with van der Waals surface area (Å²) in [5.41, 5.74) is 0.748. The molecule has 1 heterocycles. The number of sulfonamides is 1. The standard InChI is InChI=1S/C11H18N2O4S2/c1-7(11(2,3)4)5-13-19(16,17)10-8(9(14)15)12-6-18-10/h6-7,13H,5H2,1-4H3,(H,14,15). The Bertz CT molecular complexity index is 557. The Labute approximate surface area is 116 Å². The van der Waals surface area contributed by atoms with Crippen LogP contribution in [0.2, 0.25) is 0 Å². The van der Waals surface area contributed by atoms with Crippen LogP contribution in [0.5, 0.6) is 0 Å². The molecule has 0 radical (unpaired) electrons. The highest BCUT2D eigenvalue weighted by atomic mass is 32.2. The maximum absolute atomic E-state index is 12.0. The zero-order valence-corrected chi connectivity index (χ0v) is 12.9. The van der Waals surface area contributed by atoms with E-state index < -0.39 is 21.7 Å². The van der Waals surface area contributed by atoms with Crippen LogP contribution in [-0.4, -0.2) is 31.0 Å². The highest BCUT2D eigenvalue weighted by molar-refractivity contribution is 7.91. The number of nitrogens with zero attached hydrogens (tertiary/aromatic N) is 1. The molecule has 1 unspecified atom stereocenters. The van der Waals surface area contributed by atoms with Gasteiger partial charge in [-0.25, -0.2) is 22.9 Å². The lowest BCUT2D eigenvalue weighted by molar-refractivity contribution is 0.0687. The summed E-state index contributed by atoms with van der Waals surface area (Å²) in [5, 5.41) is 8.88. The smallest absolute Gasteiger partial charge is 0.356 e. The third-order valence-electron chi connectivity index (χ3n) is 3.04. The zero-order valence-electron chi connectivity index (χ0n) is 11.3. The number of carboxylic acids is 1. The van der Waals surface area contributed by atoms with Gasteiger partial charge in [-0.05, 0) is 11.3 Å². The number of hydrogen-bond donors (Lipinski definition) is 2. The summed E-state index contributed by atoms with van der Waals surface area (Å²) in [6.07, 6.45) is 0. The van der Waals surface area contributed by atoms with Gasteiger partial charge in [-0.2, -0.15) is 0 Å². The Hall–Kier alpha value is -0.990. The molecule has 0 aliphatic carbocycles. The third-order valence-corrected chi connectivity index (χ3v) is 5.83. The average Bonchev–Trinajstić information content (AvgIpc) is 2.74. The second-order valence-electron chi connectivity index (χ2n) is 5.41. The fraction of sp³-hybridized carbons (Fsp3) is 0.636. The molecule has 1 atom stereocenters. The zero-order chi connectivity index (χ0) is 14.8. The number of thiazole rings is 1. The molecule has 6 nitrogen and oxygen atoms in total. The second-order valence-corrected chi connectivity index (χ2v) is 8.23. The largest absolute Gasteiger partial charge is 0.476 e. The Morgan fingerprint density at radius 3 is 2.58 bits per heavy atom. The van der Waals surface area contributed by atoms with E-state index in [1.165, 1.54) is 5.51 Å². The van der Waals surface area contributed by atoms with Crippen molar-refractivity contribution in [1.82, 2.24) is 9.71 Å². The van der Waals surface area contributed by atoms with Crippen LogP contribution in [-0.2, 0) is 10.0 Å². The predicted molar refractivity (Wildman–Crippen MR) is 72.9 cm³/mol. The van der Waals surface area contributed by atoms with Gasteiger partial charge in [0.15, 0.2) is 9.90 Å². The first-order chi connectivity index (χ1) is 8.55. The van der Waals surface area contributed by atoms with Gasteiger partial charge in [0.05, 0.1) is 5.51 Å². The van der Waals surface area contributed by atoms with Gasteiger partial charge in [-0.15, -0.1) is 11.3 Å². The first-order valence-electron chi connectivity index (χ1n) is 5.72. The molecule has 8 heteroatoms. The van der Waals surface area contributed by atoms with Crippen LogP contribution in [0.4, 0.5) is 0 Å². The van der Waals surface area contributed by atoms with Gasteiger partial charge in [0.2, 0.25) is 0 Å². The lowest BCUT2D eigenvalue weighted by atomic mass is 9.82. The number of carboxylic acid groups (broad SMARTS) is 1. The third kappa shape index (κ3) is 3.99. The van der Waals surface area contributed by atoms with E-state index in [9.17, 15) is 13.2 Å². The molecular weight excluding hydrogens is 288 g/mol. The lowest BCUT2D eigenvalue weighted by Crippen LogP contribution is -2.34. The van der Waals surface area contributed by atoms with Gasteiger partial charge in [0.25, 0.3) is 10.0 Å². The van der Waals surface area contributed by atoms with E-state index in [0.717, 1.165) is 11.3 Å². The van der Waals surface area contributed by atoms with E-state index in [-0.39, 0.29) is 22.1 Å². The van der Waals surface area contributed by atoms with Gasteiger partial charge >= 0.3 is 5.97 Å². The molecule has 0 saturated heterocycles. The maximum Gasteiger partial charge on any atom is 0.356 e. The van der Waals surface area contributed by atoms with Crippen molar-refractivity contribution in [3.05, 3.63) is 11.2 Å². The lowest BCUT2D eigenvalue weighted by Gasteiger charge is -2.27. The average molecular weight is 306 g/mol. The van der Waals surface area contributed by atoms with Crippen LogP contribution in [0, 0.1) is 11.3 Å². The first-order valence-corrected chi connectivity index (χ1v) is 8.08. The number of hydrogen-bond acceptors (Lipinski definition) is 5. The minimum atomic E-state index is -3.82. The molecule has 19 heavy (non-hydrogen) atoms. The highest BCUT2D eigenvalue weighted by Gasteiger charge is 2.27. The van der Waals surface area contributed by atoms with Crippen molar-refractivity contribution < 1.29 is 18.3 Å². The molecule has 1 rings (SSSR count). The normalized spacial score (nSPS) is 14.3. The molecule has 0 aromatic carbocycles. The number of nitrogens with one attached hydrogen (secondary N) is 1. The Morgan fingerprint density at radius 1 is 1.53 bits per heavy atom. The van der Waals surface area contributed by atoms with E-state index in [0.29, 0.717) is 0 Å². The summed E-state index contributed by atoms with van der Waals surface area (Å²) in [5.74, 6) is -1.23. The van der Waals surface area contributed by atoms with Gasteiger partial charge < -0.3 is 5.11 Å². The van der Waals surface area contributed by atoms with Gasteiger partial charge in [0.1, 0.15) is 0 Å². The monoisotopic (exact) mass is 306 g/mol.